The molecule has 3 rings (SSSR count). The second-order valence-corrected chi connectivity index (χ2v) is 9.46. The molecule has 0 spiro atoms. The summed E-state index contributed by atoms with van der Waals surface area (Å²) in [5.41, 5.74) is 3.75. The van der Waals surface area contributed by atoms with E-state index in [0.717, 1.165) is 27.5 Å². The van der Waals surface area contributed by atoms with Crippen LogP contribution >= 0.6 is 11.6 Å². The maximum absolute atomic E-state index is 12.9. The van der Waals surface area contributed by atoms with Crippen LogP contribution in [0.3, 0.4) is 0 Å². The minimum absolute atomic E-state index is 0.265. The van der Waals surface area contributed by atoms with Crippen molar-refractivity contribution in [1.82, 2.24) is 13.6 Å². The number of morpholine rings is 1. The molecule has 0 bridgehead atoms. The van der Waals surface area contributed by atoms with Crippen LogP contribution in [0.4, 0.5) is 0 Å². The second-order valence-electron chi connectivity index (χ2n) is 7.12. The van der Waals surface area contributed by atoms with Crippen molar-refractivity contribution < 1.29 is 13.2 Å². The number of aryl methyl sites for hydroxylation is 1. The molecule has 1 aliphatic rings. The Labute approximate surface area is 178 Å². The van der Waals surface area contributed by atoms with Crippen molar-refractivity contribution in [2.75, 3.05) is 32.8 Å². The van der Waals surface area contributed by atoms with Crippen LogP contribution in [-0.2, 0) is 21.4 Å². The number of pyridine rings is 1. The van der Waals surface area contributed by atoms with Gasteiger partial charge in [-0.25, -0.2) is 0 Å². The fraction of sp³-hybridized carbons (Fsp3) is 0.476. The summed E-state index contributed by atoms with van der Waals surface area (Å²) in [6.45, 7) is 7.50. The lowest BCUT2D eigenvalue weighted by molar-refractivity contribution is -0.00668. The third kappa shape index (κ3) is 5.16. The Balaban J connectivity index is 1.83. The summed E-state index contributed by atoms with van der Waals surface area (Å²) >= 11 is 6.31. The SMILES string of the molecule is CCN(CC)S(=O)(=O)N1CCO[C@@H](c2cc(Cc3ccccc3Cl)cc(C)n2)C1. The number of halogens is 1. The zero-order chi connectivity index (χ0) is 21.0. The van der Waals surface area contributed by atoms with Gasteiger partial charge in [-0.2, -0.15) is 17.0 Å². The standard InChI is InChI=1S/C21H28ClN3O3S/c1-4-24(5-2)29(26,27)25-10-11-28-21(15-25)20-14-17(12-16(3)23-20)13-18-8-6-7-9-19(18)22/h6-9,12,14,21H,4-5,10-11,13,15H2,1-3H3/t21-/m1/s1. The van der Waals surface area contributed by atoms with Crippen LogP contribution in [0.25, 0.3) is 0 Å². The fourth-order valence-corrected chi connectivity index (χ4v) is 5.43. The summed E-state index contributed by atoms with van der Waals surface area (Å²) in [5, 5.41) is 0.730. The van der Waals surface area contributed by atoms with Gasteiger partial charge in [0.1, 0.15) is 6.10 Å². The zero-order valence-corrected chi connectivity index (χ0v) is 18.7. The van der Waals surface area contributed by atoms with Gasteiger partial charge in [-0.05, 0) is 42.7 Å². The van der Waals surface area contributed by atoms with Gasteiger partial charge in [0, 0.05) is 36.9 Å². The fourth-order valence-electron chi connectivity index (χ4n) is 3.62. The number of rotatable bonds is 7. The van der Waals surface area contributed by atoms with Crippen molar-refractivity contribution in [2.45, 2.75) is 33.3 Å². The molecule has 158 valence electrons. The molecule has 0 saturated carbocycles. The van der Waals surface area contributed by atoms with Crippen molar-refractivity contribution in [3.63, 3.8) is 0 Å². The molecule has 2 aromatic rings. The molecule has 1 aromatic heterocycles. The topological polar surface area (TPSA) is 62.7 Å². The van der Waals surface area contributed by atoms with E-state index in [2.05, 4.69) is 4.98 Å². The van der Waals surface area contributed by atoms with E-state index in [1.807, 2.05) is 57.2 Å². The van der Waals surface area contributed by atoms with Crippen LogP contribution in [-0.4, -0.2) is 54.8 Å². The number of hydrogen-bond donors (Lipinski definition) is 0. The Kier molecular flexibility index (Phi) is 7.29. The quantitative estimate of drug-likeness (QED) is 0.664. The van der Waals surface area contributed by atoms with Gasteiger partial charge in [-0.3, -0.25) is 4.98 Å². The Morgan fingerprint density at radius 1 is 1.24 bits per heavy atom. The summed E-state index contributed by atoms with van der Waals surface area (Å²) in [6, 6.07) is 11.8. The summed E-state index contributed by atoms with van der Waals surface area (Å²) in [6.07, 6.45) is 0.295. The van der Waals surface area contributed by atoms with E-state index in [1.165, 1.54) is 8.61 Å². The van der Waals surface area contributed by atoms with Crippen LogP contribution in [0, 0.1) is 6.92 Å². The molecule has 0 unspecified atom stereocenters. The summed E-state index contributed by atoms with van der Waals surface area (Å²) in [5.74, 6) is 0. The van der Waals surface area contributed by atoms with E-state index in [-0.39, 0.29) is 12.6 Å². The lowest BCUT2D eigenvalue weighted by atomic mass is 10.0. The first-order valence-corrected chi connectivity index (χ1v) is 11.7. The number of aromatic nitrogens is 1. The molecule has 0 aliphatic carbocycles. The molecular weight excluding hydrogens is 410 g/mol. The van der Waals surface area contributed by atoms with Crippen molar-refractivity contribution in [3.8, 4) is 0 Å². The molecule has 8 heteroatoms. The third-order valence-corrected chi connectivity index (χ3v) is 7.62. The van der Waals surface area contributed by atoms with Crippen LogP contribution in [0.2, 0.25) is 5.02 Å². The van der Waals surface area contributed by atoms with Crippen LogP contribution in [0.15, 0.2) is 36.4 Å². The van der Waals surface area contributed by atoms with Gasteiger partial charge >= 0.3 is 0 Å². The number of hydrogen-bond acceptors (Lipinski definition) is 4. The summed E-state index contributed by atoms with van der Waals surface area (Å²) in [7, 11) is -3.50. The third-order valence-electron chi connectivity index (χ3n) is 5.10. The highest BCUT2D eigenvalue weighted by Crippen LogP contribution is 2.26. The van der Waals surface area contributed by atoms with E-state index >= 15 is 0 Å². The molecule has 2 heterocycles. The van der Waals surface area contributed by atoms with Crippen molar-refractivity contribution >= 4 is 21.8 Å². The number of nitrogens with zero attached hydrogens (tertiary/aromatic N) is 3. The summed E-state index contributed by atoms with van der Waals surface area (Å²) < 4.78 is 34.7. The molecule has 1 aliphatic heterocycles. The van der Waals surface area contributed by atoms with E-state index < -0.39 is 10.2 Å². The smallest absolute Gasteiger partial charge is 0.282 e. The van der Waals surface area contributed by atoms with Gasteiger partial charge in [-0.15, -0.1) is 0 Å². The van der Waals surface area contributed by atoms with Crippen molar-refractivity contribution in [2.24, 2.45) is 0 Å². The lowest BCUT2D eigenvalue weighted by Crippen LogP contribution is -2.49. The first-order chi connectivity index (χ1) is 13.8. The highest BCUT2D eigenvalue weighted by molar-refractivity contribution is 7.86. The first-order valence-electron chi connectivity index (χ1n) is 9.92. The minimum Gasteiger partial charge on any atom is -0.369 e. The maximum Gasteiger partial charge on any atom is 0.282 e. The average Bonchev–Trinajstić information content (AvgIpc) is 2.70. The molecule has 0 N–H and O–H groups in total. The average molecular weight is 438 g/mol. The minimum atomic E-state index is -3.50. The van der Waals surface area contributed by atoms with Gasteiger partial charge in [0.15, 0.2) is 0 Å². The predicted molar refractivity (Wildman–Crippen MR) is 115 cm³/mol. The van der Waals surface area contributed by atoms with Gasteiger partial charge in [-0.1, -0.05) is 43.6 Å². The Morgan fingerprint density at radius 3 is 2.66 bits per heavy atom. The Bertz CT molecular complexity index is 948. The summed E-state index contributed by atoms with van der Waals surface area (Å²) in [4.78, 5) is 4.63. The van der Waals surface area contributed by atoms with Gasteiger partial charge in [0.05, 0.1) is 12.3 Å². The van der Waals surface area contributed by atoms with Crippen LogP contribution in [0.5, 0.6) is 0 Å². The van der Waals surface area contributed by atoms with Gasteiger partial charge in [0.2, 0.25) is 0 Å². The van der Waals surface area contributed by atoms with E-state index in [4.69, 9.17) is 16.3 Å². The molecule has 29 heavy (non-hydrogen) atoms. The van der Waals surface area contributed by atoms with E-state index in [1.54, 1.807) is 0 Å². The molecule has 1 fully saturated rings. The zero-order valence-electron chi connectivity index (χ0n) is 17.1. The number of ether oxygens (including phenoxy) is 1. The second kappa shape index (κ2) is 9.53. The molecule has 1 aromatic carbocycles. The van der Waals surface area contributed by atoms with Gasteiger partial charge in [0.25, 0.3) is 10.2 Å². The molecule has 0 radical (unpaired) electrons. The lowest BCUT2D eigenvalue weighted by Gasteiger charge is -2.35. The Hall–Kier alpha value is -1.51. The molecule has 0 amide bonds. The van der Waals surface area contributed by atoms with Crippen LogP contribution in [0.1, 0.15) is 42.5 Å². The normalized spacial score (nSPS) is 18.3. The van der Waals surface area contributed by atoms with Crippen LogP contribution < -0.4 is 0 Å². The van der Waals surface area contributed by atoms with Gasteiger partial charge < -0.3 is 4.74 Å². The maximum atomic E-state index is 12.9. The monoisotopic (exact) mass is 437 g/mol. The number of benzene rings is 1. The van der Waals surface area contributed by atoms with Crippen molar-refractivity contribution in [3.05, 3.63) is 63.9 Å². The van der Waals surface area contributed by atoms with Crippen molar-refractivity contribution in [1.29, 1.82) is 0 Å². The Morgan fingerprint density at radius 2 is 1.97 bits per heavy atom. The first kappa shape index (κ1) is 22.2. The molecule has 1 saturated heterocycles. The highest BCUT2D eigenvalue weighted by Gasteiger charge is 2.34. The molecule has 1 atom stereocenters. The van der Waals surface area contributed by atoms with E-state index in [0.29, 0.717) is 32.7 Å². The molecular formula is C21H28ClN3O3S. The van der Waals surface area contributed by atoms with E-state index in [9.17, 15) is 8.42 Å². The highest BCUT2D eigenvalue weighted by atomic mass is 35.5. The molecule has 6 nitrogen and oxygen atoms in total. The largest absolute Gasteiger partial charge is 0.369 e. The predicted octanol–water partition coefficient (Wildman–Crippen LogP) is 3.59.